The Balaban J connectivity index is 2.09. The van der Waals surface area contributed by atoms with Crippen molar-refractivity contribution in [2.45, 2.75) is 12.8 Å². The predicted octanol–water partition coefficient (Wildman–Crippen LogP) is 4.40. The number of carbonyl (C=O) groups is 1. The third-order valence-corrected chi connectivity index (χ3v) is 3.39. The van der Waals surface area contributed by atoms with Gasteiger partial charge in [0.1, 0.15) is 5.82 Å². The second kappa shape index (κ2) is 5.91. The standard InChI is InChI=1S/C15H12BrFO/c16-12-7-4-8-13(17)15(12)14(18)10-9-11-5-2-1-3-6-11/h1-8H,9-10H2. The van der Waals surface area contributed by atoms with E-state index in [0.29, 0.717) is 17.3 Å². The van der Waals surface area contributed by atoms with Crippen LogP contribution in [0.15, 0.2) is 53.0 Å². The zero-order chi connectivity index (χ0) is 13.0. The van der Waals surface area contributed by atoms with E-state index in [-0.39, 0.29) is 11.3 Å². The molecule has 0 spiro atoms. The minimum absolute atomic E-state index is 0.147. The highest BCUT2D eigenvalue weighted by Crippen LogP contribution is 2.21. The Labute approximate surface area is 114 Å². The summed E-state index contributed by atoms with van der Waals surface area (Å²) in [7, 11) is 0. The fourth-order valence-electron chi connectivity index (χ4n) is 1.79. The number of halogens is 2. The number of hydrogen-bond acceptors (Lipinski definition) is 1. The summed E-state index contributed by atoms with van der Waals surface area (Å²) in [6.07, 6.45) is 0.935. The Morgan fingerprint density at radius 1 is 1.06 bits per heavy atom. The van der Waals surface area contributed by atoms with Gasteiger partial charge in [0.05, 0.1) is 5.56 Å². The van der Waals surface area contributed by atoms with Crippen LogP contribution in [0, 0.1) is 5.82 Å². The van der Waals surface area contributed by atoms with Crippen molar-refractivity contribution in [2.24, 2.45) is 0 Å². The molecule has 0 radical (unpaired) electrons. The van der Waals surface area contributed by atoms with Crippen LogP contribution in [0.25, 0.3) is 0 Å². The molecule has 92 valence electrons. The summed E-state index contributed by atoms with van der Waals surface area (Å²) < 4.78 is 14.1. The molecule has 0 saturated carbocycles. The SMILES string of the molecule is O=C(CCc1ccccc1)c1c(F)cccc1Br. The summed E-state index contributed by atoms with van der Waals surface area (Å²) in [6.45, 7) is 0. The first-order valence-corrected chi connectivity index (χ1v) is 6.49. The maximum absolute atomic E-state index is 13.6. The van der Waals surface area contributed by atoms with Crippen LogP contribution in [0.3, 0.4) is 0 Å². The molecule has 0 aliphatic carbocycles. The lowest BCUT2D eigenvalue weighted by Crippen LogP contribution is -2.05. The van der Waals surface area contributed by atoms with Crippen LogP contribution in [0.2, 0.25) is 0 Å². The minimum atomic E-state index is -0.470. The van der Waals surface area contributed by atoms with E-state index in [1.165, 1.54) is 6.07 Å². The summed E-state index contributed by atoms with van der Waals surface area (Å²) in [5.41, 5.74) is 1.23. The summed E-state index contributed by atoms with van der Waals surface area (Å²) in [6, 6.07) is 14.3. The minimum Gasteiger partial charge on any atom is -0.294 e. The van der Waals surface area contributed by atoms with Crippen LogP contribution in [0.1, 0.15) is 22.3 Å². The first-order chi connectivity index (χ1) is 8.68. The van der Waals surface area contributed by atoms with E-state index in [2.05, 4.69) is 15.9 Å². The maximum Gasteiger partial charge on any atom is 0.167 e. The molecule has 18 heavy (non-hydrogen) atoms. The monoisotopic (exact) mass is 306 g/mol. The van der Waals surface area contributed by atoms with Crippen LogP contribution in [-0.4, -0.2) is 5.78 Å². The normalized spacial score (nSPS) is 10.3. The fraction of sp³-hybridized carbons (Fsp3) is 0.133. The highest BCUT2D eigenvalue weighted by molar-refractivity contribution is 9.10. The van der Waals surface area contributed by atoms with Crippen molar-refractivity contribution in [2.75, 3.05) is 0 Å². The lowest BCUT2D eigenvalue weighted by molar-refractivity contribution is 0.0978. The maximum atomic E-state index is 13.6. The van der Waals surface area contributed by atoms with Gasteiger partial charge in [-0.1, -0.05) is 36.4 Å². The molecular formula is C15H12BrFO. The second-order valence-electron chi connectivity index (χ2n) is 4.01. The number of aryl methyl sites for hydroxylation is 1. The molecule has 0 aliphatic rings. The Morgan fingerprint density at radius 3 is 2.44 bits per heavy atom. The van der Waals surface area contributed by atoms with Crippen LogP contribution in [-0.2, 0) is 6.42 Å². The van der Waals surface area contributed by atoms with E-state index in [0.717, 1.165) is 5.56 Å². The van der Waals surface area contributed by atoms with Gasteiger partial charge in [-0.05, 0) is 40.0 Å². The van der Waals surface area contributed by atoms with E-state index in [1.807, 2.05) is 30.3 Å². The van der Waals surface area contributed by atoms with Gasteiger partial charge in [0, 0.05) is 10.9 Å². The van der Waals surface area contributed by atoms with Gasteiger partial charge in [-0.3, -0.25) is 4.79 Å². The van der Waals surface area contributed by atoms with E-state index in [9.17, 15) is 9.18 Å². The van der Waals surface area contributed by atoms with E-state index < -0.39 is 5.82 Å². The molecule has 0 N–H and O–H groups in total. The summed E-state index contributed by atoms with van der Waals surface area (Å²) in [5.74, 6) is -0.647. The molecule has 2 aromatic carbocycles. The van der Waals surface area contributed by atoms with Crippen molar-refractivity contribution >= 4 is 21.7 Å². The van der Waals surface area contributed by atoms with Gasteiger partial charge in [-0.25, -0.2) is 4.39 Å². The number of benzene rings is 2. The third kappa shape index (κ3) is 3.05. The van der Waals surface area contributed by atoms with E-state index >= 15 is 0 Å². The number of hydrogen-bond donors (Lipinski definition) is 0. The summed E-state index contributed by atoms with van der Waals surface area (Å²) in [4.78, 5) is 12.0. The lowest BCUT2D eigenvalue weighted by atomic mass is 10.0. The molecule has 0 aromatic heterocycles. The average Bonchev–Trinajstić information content (AvgIpc) is 2.37. The lowest BCUT2D eigenvalue weighted by Gasteiger charge is -2.05. The molecule has 0 unspecified atom stereocenters. The molecule has 3 heteroatoms. The van der Waals surface area contributed by atoms with Crippen LogP contribution < -0.4 is 0 Å². The molecule has 2 aromatic rings. The molecule has 2 rings (SSSR count). The van der Waals surface area contributed by atoms with Crippen LogP contribution in [0.4, 0.5) is 4.39 Å². The van der Waals surface area contributed by atoms with E-state index in [4.69, 9.17) is 0 Å². The quantitative estimate of drug-likeness (QED) is 0.765. The first-order valence-electron chi connectivity index (χ1n) is 5.69. The molecule has 0 saturated heterocycles. The van der Waals surface area contributed by atoms with Crippen molar-refractivity contribution < 1.29 is 9.18 Å². The molecular weight excluding hydrogens is 295 g/mol. The van der Waals surface area contributed by atoms with Crippen molar-refractivity contribution in [3.63, 3.8) is 0 Å². The highest BCUT2D eigenvalue weighted by atomic mass is 79.9. The predicted molar refractivity (Wildman–Crippen MR) is 73.2 cm³/mol. The number of rotatable bonds is 4. The van der Waals surface area contributed by atoms with Gasteiger partial charge >= 0.3 is 0 Å². The summed E-state index contributed by atoms with van der Waals surface area (Å²) in [5, 5.41) is 0. The van der Waals surface area contributed by atoms with Gasteiger partial charge in [0.25, 0.3) is 0 Å². The fourth-order valence-corrected chi connectivity index (χ4v) is 2.35. The molecule has 0 aliphatic heterocycles. The zero-order valence-corrected chi connectivity index (χ0v) is 11.3. The van der Waals surface area contributed by atoms with Crippen molar-refractivity contribution in [1.29, 1.82) is 0 Å². The average molecular weight is 307 g/mol. The Morgan fingerprint density at radius 2 is 1.78 bits per heavy atom. The number of carbonyl (C=O) groups excluding carboxylic acids is 1. The largest absolute Gasteiger partial charge is 0.294 e. The molecule has 0 amide bonds. The molecule has 0 bridgehead atoms. The van der Waals surface area contributed by atoms with Gasteiger partial charge in [-0.15, -0.1) is 0 Å². The first kappa shape index (κ1) is 13.0. The molecule has 0 atom stereocenters. The number of ketones is 1. The molecule has 0 fully saturated rings. The van der Waals surface area contributed by atoms with Gasteiger partial charge in [-0.2, -0.15) is 0 Å². The van der Waals surface area contributed by atoms with Crippen LogP contribution >= 0.6 is 15.9 Å². The Hall–Kier alpha value is -1.48. The van der Waals surface area contributed by atoms with Gasteiger partial charge in [0.15, 0.2) is 5.78 Å². The zero-order valence-electron chi connectivity index (χ0n) is 9.70. The van der Waals surface area contributed by atoms with Crippen LogP contribution in [0.5, 0.6) is 0 Å². The Kier molecular flexibility index (Phi) is 4.26. The smallest absolute Gasteiger partial charge is 0.167 e. The van der Waals surface area contributed by atoms with Gasteiger partial charge in [0.2, 0.25) is 0 Å². The summed E-state index contributed by atoms with van der Waals surface area (Å²) >= 11 is 3.21. The van der Waals surface area contributed by atoms with E-state index in [1.54, 1.807) is 12.1 Å². The molecule has 0 heterocycles. The topological polar surface area (TPSA) is 17.1 Å². The van der Waals surface area contributed by atoms with Gasteiger partial charge < -0.3 is 0 Å². The second-order valence-corrected chi connectivity index (χ2v) is 4.86. The van der Waals surface area contributed by atoms with Crippen molar-refractivity contribution in [1.82, 2.24) is 0 Å². The van der Waals surface area contributed by atoms with Crippen molar-refractivity contribution in [3.8, 4) is 0 Å². The molecule has 1 nitrogen and oxygen atoms in total. The Bertz CT molecular complexity index is 531. The third-order valence-electron chi connectivity index (χ3n) is 2.73. The number of Topliss-reactive ketones (excluding diaryl/α,β-unsaturated/α-hetero) is 1. The van der Waals surface area contributed by atoms with Crippen molar-refractivity contribution in [3.05, 3.63) is 69.9 Å². The highest BCUT2D eigenvalue weighted by Gasteiger charge is 2.14.